The summed E-state index contributed by atoms with van der Waals surface area (Å²) < 4.78 is 1.84. The van der Waals surface area contributed by atoms with Gasteiger partial charge >= 0.3 is 0 Å². The number of aromatic amines is 1. The fraction of sp³-hybridized carbons (Fsp3) is 0.375. The molecule has 0 bridgehead atoms. The number of H-pyrrole nitrogens is 1. The number of para-hydroxylation sites is 1. The Balaban J connectivity index is 1.63. The van der Waals surface area contributed by atoms with Gasteiger partial charge in [-0.2, -0.15) is 10.2 Å². The van der Waals surface area contributed by atoms with Crippen molar-refractivity contribution < 1.29 is 4.79 Å². The number of rotatable bonds is 5. The second-order valence-corrected chi connectivity index (χ2v) is 5.84. The standard InChI is InChI=1S/C16H18N6O/c1-2-22-15(17-9-18-22)13(10-7-8-10)19-16(23)14-11-5-3-4-6-12(11)20-21-14/h3-6,9-10,13H,2,7-8H2,1H3,(H,19,23)(H,20,21)/t13-/m0/s1. The summed E-state index contributed by atoms with van der Waals surface area (Å²) in [5.41, 5.74) is 1.28. The van der Waals surface area contributed by atoms with Crippen molar-refractivity contribution in [2.24, 2.45) is 5.92 Å². The maximum Gasteiger partial charge on any atom is 0.273 e. The molecule has 2 heterocycles. The fourth-order valence-corrected chi connectivity index (χ4v) is 2.93. The SMILES string of the molecule is CCn1ncnc1[C@@H](NC(=O)c1n[nH]c2ccccc12)C1CC1. The van der Waals surface area contributed by atoms with E-state index in [1.807, 2.05) is 35.9 Å². The molecule has 0 aliphatic heterocycles. The number of aromatic nitrogens is 5. The van der Waals surface area contributed by atoms with Gasteiger partial charge in [0.25, 0.3) is 5.91 Å². The number of fused-ring (bicyclic) bond motifs is 1. The minimum Gasteiger partial charge on any atom is -0.340 e. The van der Waals surface area contributed by atoms with Crippen LogP contribution in [0.15, 0.2) is 30.6 Å². The minimum absolute atomic E-state index is 0.111. The molecule has 23 heavy (non-hydrogen) atoms. The lowest BCUT2D eigenvalue weighted by molar-refractivity contribution is 0.0925. The Kier molecular flexibility index (Phi) is 3.33. The highest BCUT2D eigenvalue weighted by Gasteiger charge is 2.37. The van der Waals surface area contributed by atoms with Gasteiger partial charge in [-0.3, -0.25) is 9.89 Å². The van der Waals surface area contributed by atoms with Crippen LogP contribution in [-0.2, 0) is 6.54 Å². The zero-order chi connectivity index (χ0) is 15.8. The smallest absolute Gasteiger partial charge is 0.273 e. The van der Waals surface area contributed by atoms with E-state index in [0.29, 0.717) is 11.6 Å². The van der Waals surface area contributed by atoms with Gasteiger partial charge in [-0.1, -0.05) is 18.2 Å². The molecule has 1 aliphatic rings. The molecule has 1 saturated carbocycles. The predicted molar refractivity (Wildman–Crippen MR) is 84.7 cm³/mol. The monoisotopic (exact) mass is 310 g/mol. The van der Waals surface area contributed by atoms with E-state index in [4.69, 9.17) is 0 Å². The van der Waals surface area contributed by atoms with E-state index < -0.39 is 0 Å². The van der Waals surface area contributed by atoms with Crippen LogP contribution >= 0.6 is 0 Å². The molecular weight excluding hydrogens is 292 g/mol. The van der Waals surface area contributed by atoms with E-state index in [1.54, 1.807) is 6.33 Å². The van der Waals surface area contributed by atoms with Gasteiger partial charge in [-0.15, -0.1) is 0 Å². The Labute approximate surface area is 133 Å². The summed E-state index contributed by atoms with van der Waals surface area (Å²) in [7, 11) is 0. The molecule has 0 saturated heterocycles. The Hall–Kier alpha value is -2.70. The first-order chi connectivity index (χ1) is 11.3. The third-order valence-corrected chi connectivity index (χ3v) is 4.29. The van der Waals surface area contributed by atoms with E-state index in [2.05, 4.69) is 25.6 Å². The number of benzene rings is 1. The predicted octanol–water partition coefficient (Wildman–Crippen LogP) is 2.06. The van der Waals surface area contributed by atoms with Gasteiger partial charge in [0.2, 0.25) is 0 Å². The average molecular weight is 310 g/mol. The number of carbonyl (C=O) groups excluding carboxylic acids is 1. The van der Waals surface area contributed by atoms with Crippen molar-refractivity contribution in [2.75, 3.05) is 0 Å². The molecule has 0 spiro atoms. The molecule has 7 heteroatoms. The molecule has 1 fully saturated rings. The molecular formula is C16H18N6O. The molecule has 1 aliphatic carbocycles. The molecule has 2 aromatic heterocycles. The van der Waals surface area contributed by atoms with Crippen LogP contribution in [0.3, 0.4) is 0 Å². The van der Waals surface area contributed by atoms with Crippen LogP contribution in [0.4, 0.5) is 0 Å². The molecule has 2 N–H and O–H groups in total. The first-order valence-electron chi connectivity index (χ1n) is 7.89. The van der Waals surface area contributed by atoms with Crippen molar-refractivity contribution >= 4 is 16.8 Å². The number of aryl methyl sites for hydroxylation is 1. The molecule has 1 aromatic carbocycles. The minimum atomic E-state index is -0.176. The average Bonchev–Trinajstić information content (AvgIpc) is 3.15. The van der Waals surface area contributed by atoms with Crippen molar-refractivity contribution in [3.63, 3.8) is 0 Å². The van der Waals surface area contributed by atoms with Crippen LogP contribution in [0.1, 0.15) is 42.1 Å². The van der Waals surface area contributed by atoms with Gasteiger partial charge < -0.3 is 5.32 Å². The Morgan fingerprint density at radius 3 is 3.04 bits per heavy atom. The maximum atomic E-state index is 12.7. The zero-order valence-electron chi connectivity index (χ0n) is 12.9. The summed E-state index contributed by atoms with van der Waals surface area (Å²) in [4.78, 5) is 17.1. The van der Waals surface area contributed by atoms with E-state index >= 15 is 0 Å². The van der Waals surface area contributed by atoms with Crippen LogP contribution < -0.4 is 5.32 Å². The summed E-state index contributed by atoms with van der Waals surface area (Å²) >= 11 is 0. The molecule has 0 radical (unpaired) electrons. The van der Waals surface area contributed by atoms with E-state index in [9.17, 15) is 4.79 Å². The van der Waals surface area contributed by atoms with Crippen molar-refractivity contribution in [3.8, 4) is 0 Å². The Morgan fingerprint density at radius 2 is 2.26 bits per heavy atom. The molecule has 0 unspecified atom stereocenters. The highest BCUT2D eigenvalue weighted by Crippen LogP contribution is 2.40. The zero-order valence-corrected chi connectivity index (χ0v) is 12.9. The van der Waals surface area contributed by atoms with Crippen molar-refractivity contribution in [3.05, 3.63) is 42.1 Å². The van der Waals surface area contributed by atoms with Crippen LogP contribution in [0.25, 0.3) is 10.9 Å². The second kappa shape index (κ2) is 5.49. The first-order valence-corrected chi connectivity index (χ1v) is 7.89. The maximum absolute atomic E-state index is 12.7. The molecule has 4 rings (SSSR count). The number of nitrogens with one attached hydrogen (secondary N) is 2. The number of nitrogens with zero attached hydrogens (tertiary/aromatic N) is 4. The summed E-state index contributed by atoms with van der Waals surface area (Å²) in [6, 6.07) is 7.51. The lowest BCUT2D eigenvalue weighted by Crippen LogP contribution is -2.32. The van der Waals surface area contributed by atoms with Gasteiger partial charge in [0.1, 0.15) is 12.2 Å². The van der Waals surface area contributed by atoms with Gasteiger partial charge in [0, 0.05) is 11.9 Å². The number of carbonyl (C=O) groups is 1. The highest BCUT2D eigenvalue weighted by atomic mass is 16.2. The number of hydrogen-bond donors (Lipinski definition) is 2. The summed E-state index contributed by atoms with van der Waals surface area (Å²) in [5, 5.41) is 15.2. The first kappa shape index (κ1) is 13.9. The third kappa shape index (κ3) is 2.48. The normalized spacial score (nSPS) is 15.7. The number of amides is 1. The number of hydrogen-bond acceptors (Lipinski definition) is 4. The highest BCUT2D eigenvalue weighted by molar-refractivity contribution is 6.04. The van der Waals surface area contributed by atoms with Gasteiger partial charge in [-0.25, -0.2) is 9.67 Å². The lowest BCUT2D eigenvalue weighted by atomic mass is 10.1. The lowest BCUT2D eigenvalue weighted by Gasteiger charge is -2.17. The summed E-state index contributed by atoms with van der Waals surface area (Å²) in [6.07, 6.45) is 3.75. The Morgan fingerprint density at radius 1 is 1.43 bits per heavy atom. The molecule has 1 atom stereocenters. The Bertz CT molecular complexity index is 847. The van der Waals surface area contributed by atoms with E-state index in [-0.39, 0.29) is 11.9 Å². The summed E-state index contributed by atoms with van der Waals surface area (Å²) in [6.45, 7) is 2.75. The topological polar surface area (TPSA) is 88.5 Å². The van der Waals surface area contributed by atoms with Crippen LogP contribution in [0.5, 0.6) is 0 Å². The largest absolute Gasteiger partial charge is 0.340 e. The summed E-state index contributed by atoms with van der Waals surface area (Å²) in [5.74, 6) is 1.08. The van der Waals surface area contributed by atoms with Gasteiger partial charge in [0.15, 0.2) is 5.69 Å². The van der Waals surface area contributed by atoms with Crippen molar-refractivity contribution in [1.29, 1.82) is 0 Å². The van der Waals surface area contributed by atoms with Crippen molar-refractivity contribution in [1.82, 2.24) is 30.3 Å². The van der Waals surface area contributed by atoms with Gasteiger partial charge in [-0.05, 0) is 31.7 Å². The van der Waals surface area contributed by atoms with E-state index in [0.717, 1.165) is 36.1 Å². The van der Waals surface area contributed by atoms with Crippen LogP contribution in [-0.4, -0.2) is 30.9 Å². The second-order valence-electron chi connectivity index (χ2n) is 5.84. The molecule has 1 amide bonds. The van der Waals surface area contributed by atoms with E-state index in [1.165, 1.54) is 0 Å². The quantitative estimate of drug-likeness (QED) is 0.755. The van der Waals surface area contributed by atoms with Gasteiger partial charge in [0.05, 0.1) is 11.6 Å². The van der Waals surface area contributed by atoms with Crippen LogP contribution in [0.2, 0.25) is 0 Å². The fourth-order valence-electron chi connectivity index (χ4n) is 2.93. The molecule has 7 nitrogen and oxygen atoms in total. The molecule has 118 valence electrons. The van der Waals surface area contributed by atoms with Crippen LogP contribution in [0, 0.1) is 5.92 Å². The van der Waals surface area contributed by atoms with Crippen molar-refractivity contribution in [2.45, 2.75) is 32.4 Å². The third-order valence-electron chi connectivity index (χ3n) is 4.29. The molecule has 3 aromatic rings.